The lowest BCUT2D eigenvalue weighted by Gasteiger charge is -2.22. The van der Waals surface area contributed by atoms with E-state index >= 15 is 0 Å². The molecule has 0 spiro atoms. The monoisotopic (exact) mass is 417 g/mol. The summed E-state index contributed by atoms with van der Waals surface area (Å²) in [5, 5.41) is 22.0. The first-order valence-corrected chi connectivity index (χ1v) is 10.7. The molecule has 1 aromatic rings. The second kappa shape index (κ2) is 13.3. The van der Waals surface area contributed by atoms with Crippen LogP contribution in [0.15, 0.2) is 54.1 Å². The molecule has 1 aliphatic carbocycles. The Balaban J connectivity index is 1.83. The Morgan fingerprint density at radius 3 is 2.63 bits per heavy atom. The van der Waals surface area contributed by atoms with Crippen LogP contribution in [0.25, 0.3) is 0 Å². The highest BCUT2D eigenvalue weighted by atomic mass is 16.5. The van der Waals surface area contributed by atoms with E-state index in [9.17, 15) is 15.0 Å². The number of aryl methyl sites for hydroxylation is 1. The molecular weight excluding hydrogens is 382 g/mol. The van der Waals surface area contributed by atoms with Gasteiger partial charge in [0.2, 0.25) is 5.91 Å². The average molecular weight is 418 g/mol. The molecule has 2 unspecified atom stereocenters. The van der Waals surface area contributed by atoms with Gasteiger partial charge in [0.1, 0.15) is 0 Å². The van der Waals surface area contributed by atoms with Crippen molar-refractivity contribution in [3.63, 3.8) is 0 Å². The number of nitrogens with one attached hydrogen (secondary N) is 1. The molecule has 2 rings (SSSR count). The van der Waals surface area contributed by atoms with E-state index in [4.69, 9.17) is 9.47 Å². The van der Waals surface area contributed by atoms with E-state index in [2.05, 4.69) is 5.32 Å². The van der Waals surface area contributed by atoms with Crippen LogP contribution in [0.2, 0.25) is 0 Å². The molecule has 3 N–H and O–H groups in total. The third kappa shape index (κ3) is 10.2. The lowest BCUT2D eigenvalue weighted by Crippen LogP contribution is -2.39. The van der Waals surface area contributed by atoms with Crippen molar-refractivity contribution in [2.45, 2.75) is 63.9 Å². The highest BCUT2D eigenvalue weighted by Crippen LogP contribution is 2.16. The molecule has 4 atom stereocenters. The first-order valence-electron chi connectivity index (χ1n) is 10.7. The number of allylic oxidation sites excluding steroid dienone is 1. The van der Waals surface area contributed by atoms with Gasteiger partial charge in [0.05, 0.1) is 44.2 Å². The zero-order chi connectivity index (χ0) is 21.8. The Morgan fingerprint density at radius 2 is 1.97 bits per heavy atom. The van der Waals surface area contributed by atoms with Gasteiger partial charge >= 0.3 is 0 Å². The van der Waals surface area contributed by atoms with Gasteiger partial charge in [-0.3, -0.25) is 4.79 Å². The minimum absolute atomic E-state index is 0.00807. The Labute approximate surface area is 179 Å². The maximum absolute atomic E-state index is 12.5. The molecule has 0 radical (unpaired) electrons. The van der Waals surface area contributed by atoms with Crippen LogP contribution >= 0.6 is 0 Å². The average Bonchev–Trinajstić information content (AvgIpc) is 2.73. The largest absolute Gasteiger partial charge is 0.391 e. The molecule has 0 aliphatic heterocycles. The molecular formula is C24H35NO5. The number of benzene rings is 1. The van der Waals surface area contributed by atoms with E-state index in [0.29, 0.717) is 38.9 Å². The highest BCUT2D eigenvalue weighted by molar-refractivity contribution is 5.76. The topological polar surface area (TPSA) is 88.0 Å². The number of carbonyl (C=O) groups is 1. The van der Waals surface area contributed by atoms with Gasteiger partial charge in [-0.2, -0.15) is 0 Å². The summed E-state index contributed by atoms with van der Waals surface area (Å²) in [6.07, 6.45) is 6.94. The van der Waals surface area contributed by atoms with Crippen molar-refractivity contribution in [3.8, 4) is 0 Å². The zero-order valence-electron chi connectivity index (χ0n) is 18.0. The molecule has 1 aromatic carbocycles. The van der Waals surface area contributed by atoms with E-state index in [1.54, 1.807) is 13.0 Å². The summed E-state index contributed by atoms with van der Waals surface area (Å²) < 4.78 is 11.3. The van der Waals surface area contributed by atoms with Gasteiger partial charge in [-0.05, 0) is 44.2 Å². The Morgan fingerprint density at radius 1 is 1.20 bits per heavy atom. The number of hydrogen-bond acceptors (Lipinski definition) is 5. The molecule has 0 bridgehead atoms. The fourth-order valence-electron chi connectivity index (χ4n) is 3.17. The summed E-state index contributed by atoms with van der Waals surface area (Å²) in [4.78, 5) is 12.5. The summed E-state index contributed by atoms with van der Waals surface area (Å²) >= 11 is 0. The van der Waals surface area contributed by atoms with Crippen LogP contribution in [0.3, 0.4) is 0 Å². The summed E-state index contributed by atoms with van der Waals surface area (Å²) in [6, 6.07) is 9.78. The van der Waals surface area contributed by atoms with Crippen LogP contribution in [-0.2, 0) is 20.7 Å². The van der Waals surface area contributed by atoms with Crippen LogP contribution in [0, 0.1) is 0 Å². The summed E-state index contributed by atoms with van der Waals surface area (Å²) in [7, 11) is 0. The van der Waals surface area contributed by atoms with Crippen molar-refractivity contribution in [3.05, 3.63) is 59.7 Å². The predicted octanol–water partition coefficient (Wildman–Crippen LogP) is 2.54. The van der Waals surface area contributed by atoms with Crippen LogP contribution in [-0.4, -0.2) is 60.3 Å². The van der Waals surface area contributed by atoms with Crippen molar-refractivity contribution < 1.29 is 24.5 Å². The maximum atomic E-state index is 12.5. The second-order valence-corrected chi connectivity index (χ2v) is 7.93. The molecule has 0 saturated heterocycles. The molecule has 1 amide bonds. The standard InChI is InChI=1S/C24H35NO5/c1-18(26)15-30-19(2)16-29-17-22(14-21-8-11-23(27)12-9-21)25-24(28)13-10-20-6-4-3-5-7-20/h3-9,11,18-19,22-23,26-27H,10,12-17H2,1-2H3,(H,25,28)/t18-,19-,22?,23?/m1/s1. The molecule has 30 heavy (non-hydrogen) atoms. The molecule has 0 heterocycles. The first-order chi connectivity index (χ1) is 14.4. The quantitative estimate of drug-likeness (QED) is 0.459. The van der Waals surface area contributed by atoms with E-state index in [1.165, 1.54) is 0 Å². The van der Waals surface area contributed by atoms with Crippen molar-refractivity contribution >= 4 is 5.91 Å². The van der Waals surface area contributed by atoms with Crippen LogP contribution in [0.4, 0.5) is 0 Å². The summed E-state index contributed by atoms with van der Waals surface area (Å²) in [5.41, 5.74) is 2.21. The zero-order valence-corrected chi connectivity index (χ0v) is 18.0. The van der Waals surface area contributed by atoms with Gasteiger partial charge in [-0.1, -0.05) is 48.6 Å². The third-order valence-corrected chi connectivity index (χ3v) is 4.78. The minimum atomic E-state index is -0.510. The number of hydrogen-bond donors (Lipinski definition) is 3. The van der Waals surface area contributed by atoms with Crippen molar-refractivity contribution in [2.75, 3.05) is 19.8 Å². The number of amides is 1. The third-order valence-electron chi connectivity index (χ3n) is 4.78. The Kier molecular flexibility index (Phi) is 10.8. The van der Waals surface area contributed by atoms with Gasteiger partial charge in [-0.15, -0.1) is 0 Å². The number of carbonyl (C=O) groups excluding carboxylic acids is 1. The van der Waals surface area contributed by atoms with Gasteiger partial charge in [-0.25, -0.2) is 0 Å². The summed E-state index contributed by atoms with van der Waals surface area (Å²) in [5.74, 6) is -0.00807. The predicted molar refractivity (Wildman–Crippen MR) is 117 cm³/mol. The lowest BCUT2D eigenvalue weighted by molar-refractivity contribution is -0.122. The van der Waals surface area contributed by atoms with Gasteiger partial charge < -0.3 is 25.0 Å². The van der Waals surface area contributed by atoms with E-state index in [0.717, 1.165) is 11.1 Å². The molecule has 6 heteroatoms. The van der Waals surface area contributed by atoms with Gasteiger partial charge in [0, 0.05) is 6.42 Å². The Hall–Kier alpha value is -1.99. The van der Waals surface area contributed by atoms with Crippen LogP contribution in [0.5, 0.6) is 0 Å². The smallest absolute Gasteiger partial charge is 0.220 e. The van der Waals surface area contributed by atoms with Gasteiger partial charge in [0.25, 0.3) is 0 Å². The molecule has 6 nitrogen and oxygen atoms in total. The second-order valence-electron chi connectivity index (χ2n) is 7.93. The van der Waals surface area contributed by atoms with Gasteiger partial charge in [0.15, 0.2) is 0 Å². The fourth-order valence-corrected chi connectivity index (χ4v) is 3.17. The molecule has 0 aromatic heterocycles. The van der Waals surface area contributed by atoms with Crippen LogP contribution < -0.4 is 5.32 Å². The number of aliphatic hydroxyl groups excluding tert-OH is 2. The van der Waals surface area contributed by atoms with E-state index in [-0.39, 0.29) is 24.7 Å². The maximum Gasteiger partial charge on any atom is 0.220 e. The van der Waals surface area contributed by atoms with Crippen molar-refractivity contribution in [1.82, 2.24) is 5.32 Å². The molecule has 0 saturated carbocycles. The Bertz CT molecular complexity index is 686. The molecule has 166 valence electrons. The SMILES string of the molecule is C[C@H](COCC(CC1=CCC(O)C=C1)NC(=O)CCc1ccccc1)OC[C@@H](C)O. The molecule has 0 fully saturated rings. The lowest BCUT2D eigenvalue weighted by atomic mass is 9.99. The number of ether oxygens (including phenoxy) is 2. The van der Waals surface area contributed by atoms with Crippen molar-refractivity contribution in [1.29, 1.82) is 0 Å². The number of aliphatic hydroxyl groups is 2. The fraction of sp³-hybridized carbons (Fsp3) is 0.542. The van der Waals surface area contributed by atoms with Crippen LogP contribution in [0.1, 0.15) is 38.7 Å². The number of rotatable bonds is 13. The first kappa shape index (κ1) is 24.3. The molecule has 1 aliphatic rings. The normalized spacial score (nSPS) is 19.1. The van der Waals surface area contributed by atoms with Crippen molar-refractivity contribution in [2.24, 2.45) is 0 Å². The minimum Gasteiger partial charge on any atom is -0.391 e. The van der Waals surface area contributed by atoms with E-state index < -0.39 is 12.2 Å². The summed E-state index contributed by atoms with van der Waals surface area (Å²) in [6.45, 7) is 4.59. The highest BCUT2D eigenvalue weighted by Gasteiger charge is 2.17. The van der Waals surface area contributed by atoms with E-state index in [1.807, 2.05) is 49.4 Å².